The lowest BCUT2D eigenvalue weighted by molar-refractivity contribution is 0.490. The van der Waals surface area contributed by atoms with E-state index in [1.54, 1.807) is 12.1 Å². The van der Waals surface area contributed by atoms with Gasteiger partial charge in [-0.2, -0.15) is 0 Å². The van der Waals surface area contributed by atoms with Gasteiger partial charge in [0.25, 0.3) is 0 Å². The van der Waals surface area contributed by atoms with Gasteiger partial charge in [0.15, 0.2) is 0 Å². The Morgan fingerprint density at radius 3 is 2.30 bits per heavy atom. The van der Waals surface area contributed by atoms with Crippen LogP contribution in [0.15, 0.2) is 46.9 Å². The zero-order valence-electron chi connectivity index (χ0n) is 11.3. The molecule has 0 saturated carbocycles. The first-order valence-corrected chi connectivity index (χ1v) is 7.23. The van der Waals surface area contributed by atoms with E-state index in [2.05, 4.69) is 21.2 Å². The summed E-state index contributed by atoms with van der Waals surface area (Å²) in [6, 6.07) is 11.2. The van der Waals surface area contributed by atoms with Crippen LogP contribution < -0.4 is 5.32 Å². The van der Waals surface area contributed by atoms with Crippen molar-refractivity contribution in [3.05, 3.63) is 69.7 Å². The molecule has 0 aliphatic heterocycles. The van der Waals surface area contributed by atoms with E-state index in [1.165, 1.54) is 24.3 Å². The molecule has 1 nitrogen and oxygen atoms in total. The summed E-state index contributed by atoms with van der Waals surface area (Å²) >= 11 is 3.37. The average Bonchev–Trinajstić information content (AvgIpc) is 2.38. The van der Waals surface area contributed by atoms with Crippen molar-refractivity contribution in [2.45, 2.75) is 25.9 Å². The largest absolute Gasteiger partial charge is 0.304 e. The Hall–Kier alpha value is -1.26. The smallest absolute Gasteiger partial charge is 0.124 e. The second-order valence-corrected chi connectivity index (χ2v) is 5.69. The highest BCUT2D eigenvalue weighted by Gasteiger charge is 2.14. The van der Waals surface area contributed by atoms with Gasteiger partial charge < -0.3 is 5.32 Å². The van der Waals surface area contributed by atoms with Crippen LogP contribution in [-0.2, 0) is 0 Å². The monoisotopic (exact) mass is 339 g/mol. The predicted molar refractivity (Wildman–Crippen MR) is 80.5 cm³/mol. The van der Waals surface area contributed by atoms with Crippen LogP contribution in [0, 0.1) is 11.6 Å². The molecule has 0 fully saturated rings. The van der Waals surface area contributed by atoms with Crippen molar-refractivity contribution in [1.29, 1.82) is 0 Å². The molecular formula is C16H16BrF2N. The summed E-state index contributed by atoms with van der Waals surface area (Å²) in [5.74, 6) is -0.516. The molecule has 2 unspecified atom stereocenters. The molecular weight excluding hydrogens is 324 g/mol. The molecule has 106 valence electrons. The minimum absolute atomic E-state index is 0.00217. The summed E-state index contributed by atoms with van der Waals surface area (Å²) in [6.45, 7) is 3.97. The second kappa shape index (κ2) is 6.46. The van der Waals surface area contributed by atoms with Crippen LogP contribution in [0.3, 0.4) is 0 Å². The molecule has 20 heavy (non-hydrogen) atoms. The van der Waals surface area contributed by atoms with Crippen molar-refractivity contribution in [2.24, 2.45) is 0 Å². The van der Waals surface area contributed by atoms with Gasteiger partial charge in [-0.05, 0) is 49.2 Å². The lowest BCUT2D eigenvalue weighted by Gasteiger charge is -2.21. The quantitative estimate of drug-likeness (QED) is 0.813. The maximum atomic E-state index is 13.2. The Morgan fingerprint density at radius 2 is 1.65 bits per heavy atom. The maximum absolute atomic E-state index is 13.2. The molecule has 4 heteroatoms. The van der Waals surface area contributed by atoms with E-state index in [0.717, 1.165) is 15.6 Å². The predicted octanol–water partition coefficient (Wildman–Crippen LogP) is 5.14. The Balaban J connectivity index is 2.12. The first-order valence-electron chi connectivity index (χ1n) is 6.44. The third-order valence-electron chi connectivity index (χ3n) is 3.28. The summed E-state index contributed by atoms with van der Waals surface area (Å²) < 4.78 is 27.0. The van der Waals surface area contributed by atoms with Gasteiger partial charge in [-0.25, -0.2) is 8.78 Å². The number of benzene rings is 2. The number of nitrogens with one attached hydrogen (secondary N) is 1. The highest BCUT2D eigenvalue weighted by Crippen LogP contribution is 2.26. The van der Waals surface area contributed by atoms with Crippen LogP contribution in [-0.4, -0.2) is 0 Å². The Morgan fingerprint density at radius 1 is 0.950 bits per heavy atom. The molecule has 2 rings (SSSR count). The molecule has 2 atom stereocenters. The highest BCUT2D eigenvalue weighted by molar-refractivity contribution is 9.10. The molecule has 0 aliphatic carbocycles. The Kier molecular flexibility index (Phi) is 4.89. The van der Waals surface area contributed by atoms with Gasteiger partial charge in [-0.15, -0.1) is 0 Å². The summed E-state index contributed by atoms with van der Waals surface area (Å²) in [6.07, 6.45) is 0. The summed E-state index contributed by atoms with van der Waals surface area (Å²) in [5.41, 5.74) is 1.85. The van der Waals surface area contributed by atoms with E-state index >= 15 is 0 Å². The molecule has 2 aromatic rings. The molecule has 0 aliphatic rings. The molecule has 0 saturated heterocycles. The number of hydrogen-bond donors (Lipinski definition) is 1. The molecule has 0 amide bonds. The van der Waals surface area contributed by atoms with E-state index in [9.17, 15) is 8.78 Å². The van der Waals surface area contributed by atoms with Crippen molar-refractivity contribution < 1.29 is 8.78 Å². The molecule has 0 spiro atoms. The van der Waals surface area contributed by atoms with Crippen LogP contribution in [0.5, 0.6) is 0 Å². The van der Waals surface area contributed by atoms with Crippen molar-refractivity contribution in [3.63, 3.8) is 0 Å². The fourth-order valence-corrected chi connectivity index (χ4v) is 2.88. The second-order valence-electron chi connectivity index (χ2n) is 4.83. The van der Waals surface area contributed by atoms with Gasteiger partial charge >= 0.3 is 0 Å². The van der Waals surface area contributed by atoms with Crippen molar-refractivity contribution in [3.8, 4) is 0 Å². The zero-order chi connectivity index (χ0) is 14.7. The van der Waals surface area contributed by atoms with Crippen LogP contribution >= 0.6 is 15.9 Å². The van der Waals surface area contributed by atoms with Crippen molar-refractivity contribution >= 4 is 15.9 Å². The average molecular weight is 340 g/mol. The lowest BCUT2D eigenvalue weighted by atomic mass is 10.0. The normalized spacial score (nSPS) is 14.1. The number of halogens is 3. The zero-order valence-corrected chi connectivity index (χ0v) is 12.9. The Bertz CT molecular complexity index is 601. The van der Waals surface area contributed by atoms with Gasteiger partial charge in [0.2, 0.25) is 0 Å². The summed E-state index contributed by atoms with van der Waals surface area (Å²) in [7, 11) is 0. The standard InChI is InChI=1S/C16H16BrF2N/c1-10(12-4-3-5-13(18)8-12)20-11(2)15-7-6-14(19)9-16(15)17/h3-11,20H,1-2H3. The SMILES string of the molecule is CC(NC(C)c1ccc(F)cc1Br)c1cccc(F)c1. The fraction of sp³-hybridized carbons (Fsp3) is 0.250. The molecule has 1 N–H and O–H groups in total. The van der Waals surface area contributed by atoms with E-state index in [-0.39, 0.29) is 23.7 Å². The van der Waals surface area contributed by atoms with E-state index in [0.29, 0.717) is 0 Å². The lowest BCUT2D eigenvalue weighted by Crippen LogP contribution is -2.22. The first kappa shape index (κ1) is 15.1. The molecule has 2 aromatic carbocycles. The van der Waals surface area contributed by atoms with Gasteiger partial charge in [0.1, 0.15) is 11.6 Å². The Labute approximate surface area is 126 Å². The van der Waals surface area contributed by atoms with Gasteiger partial charge in [0, 0.05) is 16.6 Å². The first-order chi connectivity index (χ1) is 9.47. The molecule has 0 bridgehead atoms. The van der Waals surface area contributed by atoms with Crippen LogP contribution in [0.4, 0.5) is 8.78 Å². The van der Waals surface area contributed by atoms with Crippen molar-refractivity contribution in [1.82, 2.24) is 5.32 Å². The minimum atomic E-state index is -0.272. The van der Waals surface area contributed by atoms with Crippen LogP contribution in [0.25, 0.3) is 0 Å². The van der Waals surface area contributed by atoms with Gasteiger partial charge in [0.05, 0.1) is 0 Å². The van der Waals surface area contributed by atoms with E-state index in [1.807, 2.05) is 19.9 Å². The maximum Gasteiger partial charge on any atom is 0.124 e. The van der Waals surface area contributed by atoms with Crippen LogP contribution in [0.1, 0.15) is 37.1 Å². The third kappa shape index (κ3) is 3.64. The molecule has 0 heterocycles. The molecule has 0 aromatic heterocycles. The summed E-state index contributed by atoms with van der Waals surface area (Å²) in [4.78, 5) is 0. The molecule has 0 radical (unpaired) electrons. The number of hydrogen-bond acceptors (Lipinski definition) is 1. The third-order valence-corrected chi connectivity index (χ3v) is 3.96. The van der Waals surface area contributed by atoms with Crippen LogP contribution in [0.2, 0.25) is 0 Å². The van der Waals surface area contributed by atoms with Crippen molar-refractivity contribution in [2.75, 3.05) is 0 Å². The highest BCUT2D eigenvalue weighted by atomic mass is 79.9. The summed E-state index contributed by atoms with van der Waals surface area (Å²) in [5, 5.41) is 3.38. The minimum Gasteiger partial charge on any atom is -0.304 e. The van der Waals surface area contributed by atoms with E-state index < -0.39 is 0 Å². The number of rotatable bonds is 4. The topological polar surface area (TPSA) is 12.0 Å². The van der Waals surface area contributed by atoms with Gasteiger partial charge in [-0.3, -0.25) is 0 Å². The van der Waals surface area contributed by atoms with Gasteiger partial charge in [-0.1, -0.05) is 34.1 Å². The van der Waals surface area contributed by atoms with E-state index in [4.69, 9.17) is 0 Å². The fourth-order valence-electron chi connectivity index (χ4n) is 2.19.